The Labute approximate surface area is 124 Å². The van der Waals surface area contributed by atoms with Crippen LogP contribution in [-0.2, 0) is 20.9 Å². The SMILES string of the molecule is COCCCNC(=O)C(C)N1C(=O)CCn2nc(C)cc21. The van der Waals surface area contributed by atoms with E-state index in [1.807, 2.05) is 13.0 Å². The molecule has 0 fully saturated rings. The van der Waals surface area contributed by atoms with Gasteiger partial charge in [-0.1, -0.05) is 0 Å². The van der Waals surface area contributed by atoms with Crippen LogP contribution >= 0.6 is 0 Å². The Bertz CT molecular complexity index is 526. The van der Waals surface area contributed by atoms with Gasteiger partial charge in [-0.25, -0.2) is 4.68 Å². The van der Waals surface area contributed by atoms with Crippen LogP contribution in [0.1, 0.15) is 25.5 Å². The fraction of sp³-hybridized carbons (Fsp3) is 0.643. The Morgan fingerprint density at radius 2 is 2.33 bits per heavy atom. The third-order valence-electron chi connectivity index (χ3n) is 3.53. The van der Waals surface area contributed by atoms with E-state index in [1.165, 1.54) is 4.90 Å². The number of rotatable bonds is 6. The van der Waals surface area contributed by atoms with E-state index in [4.69, 9.17) is 4.74 Å². The summed E-state index contributed by atoms with van der Waals surface area (Å²) in [6.07, 6.45) is 1.12. The lowest BCUT2D eigenvalue weighted by molar-refractivity contribution is -0.126. The van der Waals surface area contributed by atoms with Gasteiger partial charge in [0.15, 0.2) is 0 Å². The lowest BCUT2D eigenvalue weighted by Crippen LogP contribution is -2.51. The summed E-state index contributed by atoms with van der Waals surface area (Å²) in [7, 11) is 1.63. The zero-order chi connectivity index (χ0) is 15.4. The van der Waals surface area contributed by atoms with E-state index in [2.05, 4.69) is 10.4 Å². The first-order chi connectivity index (χ1) is 10.0. The Hall–Kier alpha value is -1.89. The Kier molecular flexibility index (Phi) is 4.95. The summed E-state index contributed by atoms with van der Waals surface area (Å²) in [5.41, 5.74) is 0.845. The van der Waals surface area contributed by atoms with Crippen LogP contribution in [0.25, 0.3) is 0 Å². The third kappa shape index (κ3) is 3.41. The Morgan fingerprint density at radius 1 is 1.57 bits per heavy atom. The molecule has 1 aliphatic heterocycles. The van der Waals surface area contributed by atoms with Crippen molar-refractivity contribution in [2.75, 3.05) is 25.2 Å². The molecule has 0 bridgehead atoms. The van der Waals surface area contributed by atoms with Gasteiger partial charge in [-0.15, -0.1) is 0 Å². The molecule has 0 saturated heterocycles. The highest BCUT2D eigenvalue weighted by Gasteiger charge is 2.32. The van der Waals surface area contributed by atoms with E-state index >= 15 is 0 Å². The predicted octanol–water partition coefficient (Wildman–Crippen LogP) is 0.469. The molecule has 2 rings (SSSR count). The molecular weight excluding hydrogens is 272 g/mol. The molecule has 1 N–H and O–H groups in total. The lowest BCUT2D eigenvalue weighted by Gasteiger charge is -2.31. The Morgan fingerprint density at radius 3 is 3.05 bits per heavy atom. The average Bonchev–Trinajstić information content (AvgIpc) is 2.83. The number of aromatic nitrogens is 2. The molecule has 7 nitrogen and oxygen atoms in total. The molecule has 1 unspecified atom stereocenters. The number of carbonyl (C=O) groups excluding carboxylic acids is 2. The van der Waals surface area contributed by atoms with Gasteiger partial charge in [0.25, 0.3) is 0 Å². The topological polar surface area (TPSA) is 76.5 Å². The second-order valence-electron chi connectivity index (χ2n) is 5.19. The van der Waals surface area contributed by atoms with Crippen LogP contribution in [0.4, 0.5) is 5.82 Å². The maximum atomic E-state index is 12.2. The molecule has 1 aliphatic rings. The third-order valence-corrected chi connectivity index (χ3v) is 3.53. The van der Waals surface area contributed by atoms with Crippen LogP contribution in [0, 0.1) is 6.92 Å². The highest BCUT2D eigenvalue weighted by molar-refractivity contribution is 6.00. The molecule has 2 amide bonds. The quantitative estimate of drug-likeness (QED) is 0.774. The Balaban J connectivity index is 2.05. The number of amides is 2. The van der Waals surface area contributed by atoms with Crippen molar-refractivity contribution < 1.29 is 14.3 Å². The van der Waals surface area contributed by atoms with Crippen LogP contribution < -0.4 is 10.2 Å². The second kappa shape index (κ2) is 6.71. The van der Waals surface area contributed by atoms with Crippen LogP contribution in [0.15, 0.2) is 6.07 Å². The zero-order valence-electron chi connectivity index (χ0n) is 12.8. The monoisotopic (exact) mass is 294 g/mol. The van der Waals surface area contributed by atoms with Gasteiger partial charge in [-0.3, -0.25) is 14.5 Å². The maximum Gasteiger partial charge on any atom is 0.242 e. The van der Waals surface area contributed by atoms with Gasteiger partial charge in [0.2, 0.25) is 11.8 Å². The molecule has 1 aromatic heterocycles. The van der Waals surface area contributed by atoms with Gasteiger partial charge >= 0.3 is 0 Å². The van der Waals surface area contributed by atoms with Gasteiger partial charge in [-0.2, -0.15) is 5.10 Å². The van der Waals surface area contributed by atoms with Gasteiger partial charge in [0, 0.05) is 32.7 Å². The molecule has 0 aromatic carbocycles. The molecule has 0 saturated carbocycles. The largest absolute Gasteiger partial charge is 0.385 e. The van der Waals surface area contributed by atoms with Crippen LogP contribution in [-0.4, -0.2) is 47.9 Å². The van der Waals surface area contributed by atoms with Crippen molar-refractivity contribution in [1.82, 2.24) is 15.1 Å². The normalized spacial score (nSPS) is 15.8. The van der Waals surface area contributed by atoms with Crippen molar-refractivity contribution in [3.63, 3.8) is 0 Å². The van der Waals surface area contributed by atoms with Crippen molar-refractivity contribution in [3.05, 3.63) is 11.8 Å². The van der Waals surface area contributed by atoms with E-state index in [9.17, 15) is 9.59 Å². The minimum atomic E-state index is -0.546. The molecule has 0 spiro atoms. The molecule has 1 aromatic rings. The van der Waals surface area contributed by atoms with Crippen LogP contribution in [0.2, 0.25) is 0 Å². The van der Waals surface area contributed by atoms with Crippen molar-refractivity contribution in [1.29, 1.82) is 0 Å². The van der Waals surface area contributed by atoms with Crippen molar-refractivity contribution in [2.45, 2.75) is 39.3 Å². The van der Waals surface area contributed by atoms with Gasteiger partial charge < -0.3 is 10.1 Å². The summed E-state index contributed by atoms with van der Waals surface area (Å²) in [5, 5.41) is 7.17. The smallest absolute Gasteiger partial charge is 0.242 e. The highest BCUT2D eigenvalue weighted by Crippen LogP contribution is 2.24. The molecule has 1 atom stereocenters. The average molecular weight is 294 g/mol. The molecule has 21 heavy (non-hydrogen) atoms. The first-order valence-corrected chi connectivity index (χ1v) is 7.17. The number of anilines is 1. The molecule has 7 heteroatoms. The number of hydrogen-bond acceptors (Lipinski definition) is 4. The maximum absolute atomic E-state index is 12.2. The zero-order valence-corrected chi connectivity index (χ0v) is 12.8. The molecule has 116 valence electrons. The number of hydrogen-bond donors (Lipinski definition) is 1. The number of ether oxygens (including phenoxy) is 1. The van der Waals surface area contributed by atoms with E-state index < -0.39 is 6.04 Å². The minimum absolute atomic E-state index is 0.0399. The molecular formula is C14H22N4O3. The summed E-state index contributed by atoms with van der Waals surface area (Å²) < 4.78 is 6.72. The second-order valence-corrected chi connectivity index (χ2v) is 5.19. The molecule has 0 aliphatic carbocycles. The summed E-state index contributed by atoms with van der Waals surface area (Å²) in [6.45, 7) is 5.33. The van der Waals surface area contributed by atoms with Crippen LogP contribution in [0.3, 0.4) is 0 Å². The number of carbonyl (C=O) groups is 2. The van der Waals surface area contributed by atoms with Gasteiger partial charge in [-0.05, 0) is 20.3 Å². The molecule has 2 heterocycles. The summed E-state index contributed by atoms with van der Waals surface area (Å²) in [6, 6.07) is 1.29. The van der Waals surface area contributed by atoms with E-state index in [0.717, 1.165) is 12.1 Å². The molecule has 0 radical (unpaired) electrons. The number of nitrogens with one attached hydrogen (secondary N) is 1. The van der Waals surface area contributed by atoms with E-state index in [1.54, 1.807) is 18.7 Å². The number of fused-ring (bicyclic) bond motifs is 1. The van der Waals surface area contributed by atoms with Gasteiger partial charge in [0.1, 0.15) is 11.9 Å². The minimum Gasteiger partial charge on any atom is -0.385 e. The lowest BCUT2D eigenvalue weighted by atomic mass is 10.2. The number of methoxy groups -OCH3 is 1. The first-order valence-electron chi connectivity index (χ1n) is 7.17. The van der Waals surface area contributed by atoms with Crippen molar-refractivity contribution in [2.24, 2.45) is 0 Å². The van der Waals surface area contributed by atoms with Crippen LogP contribution in [0.5, 0.6) is 0 Å². The number of nitrogens with zero attached hydrogens (tertiary/aromatic N) is 3. The fourth-order valence-corrected chi connectivity index (χ4v) is 2.45. The number of aryl methyl sites for hydroxylation is 2. The first kappa shape index (κ1) is 15.5. The summed E-state index contributed by atoms with van der Waals surface area (Å²) in [5.74, 6) is 0.497. The summed E-state index contributed by atoms with van der Waals surface area (Å²) in [4.78, 5) is 25.9. The van der Waals surface area contributed by atoms with Gasteiger partial charge in [0.05, 0.1) is 12.2 Å². The van der Waals surface area contributed by atoms with Crippen molar-refractivity contribution >= 4 is 17.6 Å². The van der Waals surface area contributed by atoms with E-state index in [0.29, 0.717) is 31.9 Å². The summed E-state index contributed by atoms with van der Waals surface area (Å²) >= 11 is 0. The standard InChI is InChI=1S/C14H22N4O3/c1-10-9-12-17(16-10)7-5-13(19)18(12)11(2)14(20)15-6-4-8-21-3/h9,11H,4-8H2,1-3H3,(H,15,20). The highest BCUT2D eigenvalue weighted by atomic mass is 16.5. The predicted molar refractivity (Wildman–Crippen MR) is 78.0 cm³/mol. The van der Waals surface area contributed by atoms with E-state index in [-0.39, 0.29) is 11.8 Å². The fourth-order valence-electron chi connectivity index (χ4n) is 2.45. The van der Waals surface area contributed by atoms with Crippen molar-refractivity contribution in [3.8, 4) is 0 Å².